The van der Waals surface area contributed by atoms with Crippen LogP contribution >= 0.6 is 0 Å². The second kappa shape index (κ2) is 6.79. The number of hydrogen-bond acceptors (Lipinski definition) is 7. The van der Waals surface area contributed by atoms with Gasteiger partial charge < -0.3 is 11.1 Å². The molecule has 4 aromatic heterocycles. The van der Waals surface area contributed by atoms with Gasteiger partial charge in [-0.05, 0) is 6.07 Å². The summed E-state index contributed by atoms with van der Waals surface area (Å²) in [6, 6.07) is 3.57. The van der Waals surface area contributed by atoms with Crippen LogP contribution in [0.5, 0.6) is 0 Å². The van der Waals surface area contributed by atoms with Crippen molar-refractivity contribution < 1.29 is 13.2 Å². The van der Waals surface area contributed by atoms with Gasteiger partial charge in [0.05, 0.1) is 36.5 Å². The summed E-state index contributed by atoms with van der Waals surface area (Å²) >= 11 is 0. The molecule has 0 aromatic carbocycles. The Balaban J connectivity index is 1.52. The summed E-state index contributed by atoms with van der Waals surface area (Å²) in [6.07, 6.45) is 3.00. The molecule has 4 heterocycles. The van der Waals surface area contributed by atoms with E-state index in [0.29, 0.717) is 29.3 Å². The minimum absolute atomic E-state index is 0.164. The fraction of sp³-hybridized carbons (Fsp3) is 0.188. The van der Waals surface area contributed by atoms with Crippen LogP contribution in [-0.2, 0) is 13.1 Å². The number of nitrogens with one attached hydrogen (secondary N) is 1. The summed E-state index contributed by atoms with van der Waals surface area (Å²) < 4.78 is 39.9. The van der Waals surface area contributed by atoms with Crippen LogP contribution in [0.25, 0.3) is 16.9 Å². The van der Waals surface area contributed by atoms with Gasteiger partial charge in [-0.25, -0.2) is 19.5 Å². The van der Waals surface area contributed by atoms with E-state index in [2.05, 4.69) is 30.5 Å². The lowest BCUT2D eigenvalue weighted by atomic mass is 10.2. The summed E-state index contributed by atoms with van der Waals surface area (Å²) in [4.78, 5) is 12.8. The van der Waals surface area contributed by atoms with Crippen LogP contribution < -0.4 is 11.1 Å². The van der Waals surface area contributed by atoms with E-state index in [1.165, 1.54) is 18.6 Å². The van der Waals surface area contributed by atoms with Gasteiger partial charge in [0.1, 0.15) is 6.54 Å². The van der Waals surface area contributed by atoms with Crippen LogP contribution in [0.4, 0.5) is 24.8 Å². The van der Waals surface area contributed by atoms with E-state index >= 15 is 0 Å². The molecule has 0 atom stereocenters. The average Bonchev–Trinajstić information content (AvgIpc) is 3.28. The van der Waals surface area contributed by atoms with Gasteiger partial charge in [0.25, 0.3) is 0 Å². The molecule has 0 aliphatic carbocycles. The lowest BCUT2D eigenvalue weighted by molar-refractivity contribution is -0.142. The van der Waals surface area contributed by atoms with Crippen molar-refractivity contribution in [2.75, 3.05) is 11.1 Å². The van der Waals surface area contributed by atoms with Crippen molar-refractivity contribution in [1.29, 1.82) is 0 Å². The first kappa shape index (κ1) is 17.7. The number of fused-ring (bicyclic) bond motifs is 1. The van der Waals surface area contributed by atoms with Gasteiger partial charge in [-0.3, -0.25) is 4.68 Å². The zero-order valence-electron chi connectivity index (χ0n) is 14.3. The van der Waals surface area contributed by atoms with Gasteiger partial charge >= 0.3 is 6.18 Å². The quantitative estimate of drug-likeness (QED) is 0.538. The zero-order valence-corrected chi connectivity index (χ0v) is 14.3. The molecule has 12 heteroatoms. The number of rotatable bonds is 5. The maximum Gasteiger partial charge on any atom is 0.408 e. The van der Waals surface area contributed by atoms with Crippen molar-refractivity contribution >= 4 is 17.3 Å². The van der Waals surface area contributed by atoms with Crippen LogP contribution in [0, 0.1) is 0 Å². The molecule has 0 fully saturated rings. The van der Waals surface area contributed by atoms with Crippen LogP contribution in [0.2, 0.25) is 0 Å². The smallest absolute Gasteiger partial charge is 0.381 e. The van der Waals surface area contributed by atoms with Crippen molar-refractivity contribution in [3.05, 3.63) is 48.8 Å². The van der Waals surface area contributed by atoms with Gasteiger partial charge in [0, 0.05) is 24.0 Å². The first-order chi connectivity index (χ1) is 13.4. The Morgan fingerprint density at radius 2 is 1.96 bits per heavy atom. The topological polar surface area (TPSA) is 112 Å². The maximum atomic E-state index is 12.5. The van der Waals surface area contributed by atoms with Gasteiger partial charge in [-0.1, -0.05) is 0 Å². The third-order valence-electron chi connectivity index (χ3n) is 3.82. The Bertz CT molecular complexity index is 1120. The third kappa shape index (κ3) is 3.84. The van der Waals surface area contributed by atoms with Crippen LogP contribution in [0.3, 0.4) is 0 Å². The number of nitrogens with zero attached hydrogens (tertiary/aromatic N) is 7. The summed E-state index contributed by atoms with van der Waals surface area (Å²) in [5.41, 5.74) is 8.04. The SMILES string of the molecule is Nc1ncc(-c2cnn(CC(F)(F)F)c2)nc1NCc1ccn2nccc2n1. The normalized spacial score (nSPS) is 11.8. The van der Waals surface area contributed by atoms with E-state index in [1.54, 1.807) is 29.0 Å². The highest BCUT2D eigenvalue weighted by Gasteiger charge is 2.28. The van der Waals surface area contributed by atoms with Crippen LogP contribution in [-0.4, -0.2) is 40.5 Å². The minimum Gasteiger partial charge on any atom is -0.381 e. The van der Waals surface area contributed by atoms with Crippen molar-refractivity contribution in [3.63, 3.8) is 0 Å². The summed E-state index contributed by atoms with van der Waals surface area (Å²) in [5.74, 6) is 0.466. The second-order valence-electron chi connectivity index (χ2n) is 5.94. The highest BCUT2D eigenvalue weighted by atomic mass is 19.4. The standard InChI is InChI=1S/C16H14F3N9/c17-16(18,19)9-27-8-10(5-24-27)12-7-21-14(20)15(26-12)22-6-11-2-4-28-13(25-11)1-3-23-28/h1-5,7-8H,6,9H2,(H2,20,21)(H,22,26). The molecule has 0 saturated heterocycles. The third-order valence-corrected chi connectivity index (χ3v) is 3.82. The van der Waals surface area contributed by atoms with E-state index in [0.717, 1.165) is 10.4 Å². The molecule has 0 spiro atoms. The van der Waals surface area contributed by atoms with E-state index in [1.807, 2.05) is 0 Å². The number of anilines is 2. The molecule has 0 radical (unpaired) electrons. The molecule has 0 bridgehead atoms. The number of halogens is 3. The lowest BCUT2D eigenvalue weighted by Crippen LogP contribution is -2.17. The van der Waals surface area contributed by atoms with Crippen molar-refractivity contribution in [2.24, 2.45) is 0 Å². The van der Waals surface area contributed by atoms with Crippen LogP contribution in [0.15, 0.2) is 43.1 Å². The Kier molecular flexibility index (Phi) is 4.29. The van der Waals surface area contributed by atoms with Crippen molar-refractivity contribution in [3.8, 4) is 11.3 Å². The molecule has 0 amide bonds. The Labute approximate surface area is 156 Å². The van der Waals surface area contributed by atoms with Gasteiger partial charge in [-0.15, -0.1) is 0 Å². The largest absolute Gasteiger partial charge is 0.408 e. The maximum absolute atomic E-state index is 12.5. The fourth-order valence-corrected chi connectivity index (χ4v) is 2.56. The number of nitrogen functional groups attached to an aromatic ring is 1. The monoisotopic (exact) mass is 389 g/mol. The molecule has 4 rings (SSSR count). The number of hydrogen-bond donors (Lipinski definition) is 2. The molecule has 28 heavy (non-hydrogen) atoms. The van der Waals surface area contributed by atoms with E-state index in [4.69, 9.17) is 5.73 Å². The first-order valence-electron chi connectivity index (χ1n) is 8.13. The molecular formula is C16H14F3N9. The predicted octanol–water partition coefficient (Wildman–Crippen LogP) is 2.14. The van der Waals surface area contributed by atoms with Crippen molar-refractivity contribution in [1.82, 2.24) is 34.3 Å². The average molecular weight is 389 g/mol. The van der Waals surface area contributed by atoms with Gasteiger partial charge in [-0.2, -0.15) is 23.4 Å². The highest BCUT2D eigenvalue weighted by Crippen LogP contribution is 2.23. The predicted molar refractivity (Wildman–Crippen MR) is 94.0 cm³/mol. The summed E-state index contributed by atoms with van der Waals surface area (Å²) in [7, 11) is 0. The molecule has 9 nitrogen and oxygen atoms in total. The molecule has 0 aliphatic rings. The molecule has 3 N–H and O–H groups in total. The molecule has 144 valence electrons. The Morgan fingerprint density at radius 1 is 1.11 bits per heavy atom. The van der Waals surface area contributed by atoms with Gasteiger partial charge in [0.15, 0.2) is 17.3 Å². The number of alkyl halides is 3. The lowest BCUT2D eigenvalue weighted by Gasteiger charge is -2.09. The molecule has 0 unspecified atom stereocenters. The Morgan fingerprint density at radius 3 is 2.79 bits per heavy atom. The Hall–Kier alpha value is -3.70. The number of nitrogens with two attached hydrogens (primary N) is 1. The first-order valence-corrected chi connectivity index (χ1v) is 8.13. The van der Waals surface area contributed by atoms with E-state index in [-0.39, 0.29) is 5.82 Å². The minimum atomic E-state index is -4.35. The zero-order chi connectivity index (χ0) is 19.7. The second-order valence-corrected chi connectivity index (χ2v) is 5.94. The van der Waals surface area contributed by atoms with Crippen LogP contribution in [0.1, 0.15) is 5.69 Å². The van der Waals surface area contributed by atoms with Crippen molar-refractivity contribution in [2.45, 2.75) is 19.3 Å². The fourth-order valence-electron chi connectivity index (χ4n) is 2.56. The molecular weight excluding hydrogens is 375 g/mol. The van der Waals surface area contributed by atoms with Gasteiger partial charge in [0.2, 0.25) is 0 Å². The molecule has 0 saturated carbocycles. The van der Waals surface area contributed by atoms with E-state index in [9.17, 15) is 13.2 Å². The summed E-state index contributed by atoms with van der Waals surface area (Å²) in [5, 5.41) is 10.8. The molecule has 0 aliphatic heterocycles. The molecule has 4 aromatic rings. The van der Waals surface area contributed by atoms with E-state index < -0.39 is 12.7 Å². The highest BCUT2D eigenvalue weighted by molar-refractivity contribution is 5.64. The summed E-state index contributed by atoms with van der Waals surface area (Å²) in [6.45, 7) is -0.847. The number of aromatic nitrogens is 7.